The van der Waals surface area contributed by atoms with Gasteiger partial charge >= 0.3 is 0 Å². The van der Waals surface area contributed by atoms with Gasteiger partial charge in [0.2, 0.25) is 0 Å². The first-order valence-corrected chi connectivity index (χ1v) is 8.56. The first-order valence-electron chi connectivity index (χ1n) is 8.56. The molecule has 2 heterocycles. The summed E-state index contributed by atoms with van der Waals surface area (Å²) >= 11 is 0. The molecule has 1 N–H and O–H groups in total. The molecule has 0 radical (unpaired) electrons. The van der Waals surface area contributed by atoms with Crippen LogP contribution in [0.25, 0.3) is 0 Å². The molecule has 1 saturated heterocycles. The Kier molecular flexibility index (Phi) is 5.58. The van der Waals surface area contributed by atoms with Crippen molar-refractivity contribution >= 4 is 11.7 Å². The first-order chi connectivity index (χ1) is 12.1. The summed E-state index contributed by atoms with van der Waals surface area (Å²) in [7, 11) is 0. The lowest BCUT2D eigenvalue weighted by Gasteiger charge is -2.21. The van der Waals surface area contributed by atoms with Crippen molar-refractivity contribution in [3.8, 4) is 0 Å². The van der Waals surface area contributed by atoms with Gasteiger partial charge in [-0.15, -0.1) is 0 Å². The third-order valence-electron chi connectivity index (χ3n) is 4.37. The summed E-state index contributed by atoms with van der Waals surface area (Å²) in [4.78, 5) is 18.8. The second-order valence-corrected chi connectivity index (χ2v) is 6.23. The van der Waals surface area contributed by atoms with Crippen LogP contribution < -0.4 is 10.2 Å². The monoisotopic (exact) mass is 345 g/mol. The molecule has 2 aromatic rings. The summed E-state index contributed by atoms with van der Waals surface area (Å²) in [5.41, 5.74) is 0.657. The molecule has 0 saturated carbocycles. The van der Waals surface area contributed by atoms with Crippen LogP contribution in [0.2, 0.25) is 0 Å². The smallest absolute Gasteiger partial charge is 0.254 e. The van der Waals surface area contributed by atoms with Crippen molar-refractivity contribution in [2.24, 2.45) is 0 Å². The molecule has 0 unspecified atom stereocenters. The molecule has 1 fully saturated rings. The van der Waals surface area contributed by atoms with Gasteiger partial charge in [-0.2, -0.15) is 0 Å². The predicted molar refractivity (Wildman–Crippen MR) is 92.4 cm³/mol. The molecule has 4 nitrogen and oxygen atoms in total. The zero-order valence-corrected chi connectivity index (χ0v) is 14.0. The third kappa shape index (κ3) is 4.53. The molecule has 1 aromatic heterocycles. The number of pyridine rings is 1. The van der Waals surface area contributed by atoms with Gasteiger partial charge in [-0.25, -0.2) is 13.8 Å². The fraction of sp³-hybridized carbons (Fsp3) is 0.368. The maximum Gasteiger partial charge on any atom is 0.254 e. The van der Waals surface area contributed by atoms with E-state index in [0.29, 0.717) is 6.07 Å². The second kappa shape index (κ2) is 8.05. The van der Waals surface area contributed by atoms with Gasteiger partial charge in [-0.05, 0) is 36.6 Å². The van der Waals surface area contributed by atoms with Crippen LogP contribution in [-0.4, -0.2) is 24.0 Å². The largest absolute Gasteiger partial charge is 0.357 e. The second-order valence-electron chi connectivity index (χ2n) is 6.23. The topological polar surface area (TPSA) is 45.2 Å². The van der Waals surface area contributed by atoms with Gasteiger partial charge in [-0.1, -0.05) is 18.9 Å². The molecule has 3 rings (SSSR count). The molecular weight excluding hydrogens is 324 g/mol. The van der Waals surface area contributed by atoms with E-state index in [1.54, 1.807) is 6.20 Å². The molecule has 0 spiro atoms. The van der Waals surface area contributed by atoms with Crippen LogP contribution in [0.15, 0.2) is 36.5 Å². The Hall–Kier alpha value is -2.50. The number of carbonyl (C=O) groups excluding carboxylic acids is 1. The van der Waals surface area contributed by atoms with Crippen LogP contribution in [0.3, 0.4) is 0 Å². The molecule has 1 aliphatic heterocycles. The zero-order valence-electron chi connectivity index (χ0n) is 14.0. The molecule has 0 atom stereocenters. The van der Waals surface area contributed by atoms with Crippen LogP contribution in [-0.2, 0) is 6.54 Å². The van der Waals surface area contributed by atoms with E-state index in [-0.39, 0.29) is 12.1 Å². The van der Waals surface area contributed by atoms with Crippen LogP contribution in [0.1, 0.15) is 41.6 Å². The van der Waals surface area contributed by atoms with Crippen LogP contribution in [0.4, 0.5) is 14.6 Å². The van der Waals surface area contributed by atoms with E-state index < -0.39 is 17.5 Å². The van der Waals surface area contributed by atoms with E-state index >= 15 is 0 Å². The average Bonchev–Trinajstić information content (AvgIpc) is 2.89. The van der Waals surface area contributed by atoms with Gasteiger partial charge in [0.05, 0.1) is 5.56 Å². The van der Waals surface area contributed by atoms with Crippen molar-refractivity contribution < 1.29 is 13.6 Å². The fourth-order valence-electron chi connectivity index (χ4n) is 2.96. The van der Waals surface area contributed by atoms with E-state index in [9.17, 15) is 13.6 Å². The van der Waals surface area contributed by atoms with E-state index in [0.717, 1.165) is 36.6 Å². The lowest BCUT2D eigenvalue weighted by Crippen LogP contribution is -2.25. The summed E-state index contributed by atoms with van der Waals surface area (Å²) < 4.78 is 26.5. The number of rotatable bonds is 4. The van der Waals surface area contributed by atoms with Crippen LogP contribution in [0.5, 0.6) is 0 Å². The summed E-state index contributed by atoms with van der Waals surface area (Å²) in [6.07, 6.45) is 6.62. The van der Waals surface area contributed by atoms with Crippen LogP contribution in [0, 0.1) is 11.6 Å². The number of carbonyl (C=O) groups is 1. The van der Waals surface area contributed by atoms with Gasteiger partial charge in [0.1, 0.15) is 17.5 Å². The normalized spacial score (nSPS) is 14.9. The fourth-order valence-corrected chi connectivity index (χ4v) is 2.96. The number of hydrogen-bond donors (Lipinski definition) is 1. The number of amides is 1. The lowest BCUT2D eigenvalue weighted by molar-refractivity contribution is 0.0947. The standard InChI is InChI=1S/C19H21F2N3O/c20-15-6-7-16(17(21)11-15)19(25)23-13-14-5-8-18(22-12-14)24-9-3-1-2-4-10-24/h5-8,11-12H,1-4,9-10,13H2,(H,23,25). The lowest BCUT2D eigenvalue weighted by atomic mass is 10.2. The molecule has 132 valence electrons. The van der Waals surface area contributed by atoms with Gasteiger partial charge in [-0.3, -0.25) is 4.79 Å². The number of nitrogens with one attached hydrogen (secondary N) is 1. The third-order valence-corrected chi connectivity index (χ3v) is 4.37. The number of anilines is 1. The van der Waals surface area contributed by atoms with Gasteiger partial charge in [0.15, 0.2) is 0 Å². The average molecular weight is 345 g/mol. The minimum atomic E-state index is -0.868. The van der Waals surface area contributed by atoms with Crippen molar-refractivity contribution in [2.75, 3.05) is 18.0 Å². The minimum Gasteiger partial charge on any atom is -0.357 e. The SMILES string of the molecule is O=C(NCc1ccc(N2CCCCCC2)nc1)c1ccc(F)cc1F. The van der Waals surface area contributed by atoms with Crippen molar-refractivity contribution in [2.45, 2.75) is 32.2 Å². The Balaban J connectivity index is 1.58. The highest BCUT2D eigenvalue weighted by atomic mass is 19.1. The summed E-state index contributed by atoms with van der Waals surface area (Å²) in [5.74, 6) is -1.20. The Morgan fingerprint density at radius 2 is 1.84 bits per heavy atom. The number of benzene rings is 1. The predicted octanol–water partition coefficient (Wildman–Crippen LogP) is 3.67. The van der Waals surface area contributed by atoms with E-state index in [1.807, 2.05) is 12.1 Å². The Labute approximate surface area is 145 Å². The highest BCUT2D eigenvalue weighted by molar-refractivity contribution is 5.94. The quantitative estimate of drug-likeness (QED) is 0.920. The number of hydrogen-bond acceptors (Lipinski definition) is 3. The highest BCUT2D eigenvalue weighted by Gasteiger charge is 2.13. The molecule has 25 heavy (non-hydrogen) atoms. The minimum absolute atomic E-state index is 0.171. The van der Waals surface area contributed by atoms with E-state index in [4.69, 9.17) is 0 Å². The molecule has 0 bridgehead atoms. The maximum absolute atomic E-state index is 13.6. The summed E-state index contributed by atoms with van der Waals surface area (Å²) in [5, 5.41) is 2.63. The molecule has 1 amide bonds. The first kappa shape index (κ1) is 17.3. The van der Waals surface area contributed by atoms with E-state index in [1.165, 1.54) is 25.7 Å². The zero-order chi connectivity index (χ0) is 17.6. The van der Waals surface area contributed by atoms with Crippen molar-refractivity contribution in [1.82, 2.24) is 10.3 Å². The Morgan fingerprint density at radius 1 is 1.08 bits per heavy atom. The van der Waals surface area contributed by atoms with E-state index in [2.05, 4.69) is 15.2 Å². The number of halogens is 2. The molecule has 1 aliphatic rings. The Morgan fingerprint density at radius 3 is 2.48 bits per heavy atom. The van der Waals surface area contributed by atoms with Crippen molar-refractivity contribution in [3.05, 3.63) is 59.3 Å². The van der Waals surface area contributed by atoms with Gasteiger partial charge in [0.25, 0.3) is 5.91 Å². The number of aromatic nitrogens is 1. The van der Waals surface area contributed by atoms with Gasteiger partial charge < -0.3 is 10.2 Å². The van der Waals surface area contributed by atoms with Crippen molar-refractivity contribution in [1.29, 1.82) is 0 Å². The van der Waals surface area contributed by atoms with Crippen molar-refractivity contribution in [3.63, 3.8) is 0 Å². The summed E-state index contributed by atoms with van der Waals surface area (Å²) in [6, 6.07) is 6.77. The van der Waals surface area contributed by atoms with Gasteiger partial charge in [0, 0.05) is 31.9 Å². The number of nitrogens with zero attached hydrogens (tertiary/aromatic N) is 2. The Bertz CT molecular complexity index is 726. The maximum atomic E-state index is 13.6. The molecule has 1 aromatic carbocycles. The highest BCUT2D eigenvalue weighted by Crippen LogP contribution is 2.17. The van der Waals surface area contributed by atoms with Crippen LogP contribution >= 0.6 is 0 Å². The summed E-state index contributed by atoms with van der Waals surface area (Å²) in [6.45, 7) is 2.28. The molecule has 6 heteroatoms. The molecule has 0 aliphatic carbocycles. The molecular formula is C19H21F2N3O.